The van der Waals surface area contributed by atoms with Crippen molar-refractivity contribution in [3.8, 4) is 44.5 Å². The molecular formula is C57H41N. The van der Waals surface area contributed by atoms with Gasteiger partial charge in [-0.2, -0.15) is 0 Å². The summed E-state index contributed by atoms with van der Waals surface area (Å²) in [5, 5.41) is 7.52. The third kappa shape index (κ3) is 5.46. The lowest BCUT2D eigenvalue weighted by molar-refractivity contribution is 0.660. The van der Waals surface area contributed by atoms with E-state index < -0.39 is 0 Å². The van der Waals surface area contributed by atoms with Gasteiger partial charge in [-0.05, 0) is 119 Å². The number of anilines is 3. The van der Waals surface area contributed by atoms with Crippen LogP contribution in [0.15, 0.2) is 212 Å². The van der Waals surface area contributed by atoms with Gasteiger partial charge in [0.1, 0.15) is 0 Å². The van der Waals surface area contributed by atoms with Crippen LogP contribution in [0.4, 0.5) is 17.1 Å². The summed E-state index contributed by atoms with van der Waals surface area (Å²) in [6.07, 6.45) is 0. The minimum atomic E-state index is -0.0861. The van der Waals surface area contributed by atoms with Crippen molar-refractivity contribution in [1.29, 1.82) is 0 Å². The van der Waals surface area contributed by atoms with Crippen molar-refractivity contribution < 1.29 is 0 Å². The Labute approximate surface area is 340 Å². The molecule has 0 unspecified atom stereocenters. The van der Waals surface area contributed by atoms with E-state index >= 15 is 0 Å². The van der Waals surface area contributed by atoms with Gasteiger partial charge in [-0.25, -0.2) is 0 Å². The fourth-order valence-corrected chi connectivity index (χ4v) is 9.57. The molecule has 0 spiro atoms. The Balaban J connectivity index is 1.09. The maximum Gasteiger partial charge on any atom is 0.0540 e. The fourth-order valence-electron chi connectivity index (χ4n) is 9.57. The topological polar surface area (TPSA) is 3.24 Å². The van der Waals surface area contributed by atoms with Gasteiger partial charge in [0, 0.05) is 22.4 Å². The highest BCUT2D eigenvalue weighted by Crippen LogP contribution is 2.54. The number of para-hydroxylation sites is 1. The van der Waals surface area contributed by atoms with Crippen molar-refractivity contribution in [3.63, 3.8) is 0 Å². The van der Waals surface area contributed by atoms with E-state index in [4.69, 9.17) is 0 Å². The predicted molar refractivity (Wildman–Crippen MR) is 248 cm³/mol. The van der Waals surface area contributed by atoms with Crippen LogP contribution in [0, 0.1) is 0 Å². The van der Waals surface area contributed by atoms with Crippen molar-refractivity contribution in [3.05, 3.63) is 223 Å². The second-order valence-corrected chi connectivity index (χ2v) is 16.1. The average molecular weight is 740 g/mol. The predicted octanol–water partition coefficient (Wildman–Crippen LogP) is 15.9. The molecule has 0 bridgehead atoms. The smallest absolute Gasteiger partial charge is 0.0540 e. The number of nitrogens with zero attached hydrogens (tertiary/aromatic N) is 1. The van der Waals surface area contributed by atoms with Crippen molar-refractivity contribution in [2.24, 2.45) is 0 Å². The fraction of sp³-hybridized carbons (Fsp3) is 0.0526. The van der Waals surface area contributed by atoms with Crippen molar-refractivity contribution in [2.75, 3.05) is 4.90 Å². The lowest BCUT2D eigenvalue weighted by Crippen LogP contribution is -2.14. The Bertz CT molecular complexity index is 3190. The van der Waals surface area contributed by atoms with Crippen LogP contribution in [0.25, 0.3) is 76.8 Å². The van der Waals surface area contributed by atoms with Gasteiger partial charge in [-0.15, -0.1) is 0 Å². The van der Waals surface area contributed by atoms with Gasteiger partial charge in [-0.1, -0.05) is 190 Å². The number of hydrogen-bond donors (Lipinski definition) is 0. The first-order valence-corrected chi connectivity index (χ1v) is 20.3. The molecule has 58 heavy (non-hydrogen) atoms. The molecular weight excluding hydrogens is 699 g/mol. The molecule has 10 aromatic carbocycles. The third-order valence-corrected chi connectivity index (χ3v) is 12.5. The van der Waals surface area contributed by atoms with Crippen molar-refractivity contribution in [1.82, 2.24) is 0 Å². The van der Waals surface area contributed by atoms with Gasteiger partial charge >= 0.3 is 0 Å². The molecule has 274 valence electrons. The van der Waals surface area contributed by atoms with Crippen LogP contribution < -0.4 is 4.90 Å². The zero-order valence-corrected chi connectivity index (χ0v) is 32.7. The SMILES string of the molecule is CC1(C)c2ccccc2-c2c(-c3ccccc3N(c3ccc(-c4cccc5c4ccc4ccccc45)cc3)c3ccc4cc(-c5ccccc5)ccc4c3)cccc21. The molecule has 10 aromatic rings. The number of hydrogen-bond acceptors (Lipinski definition) is 1. The molecule has 1 heteroatoms. The second-order valence-electron chi connectivity index (χ2n) is 16.1. The highest BCUT2D eigenvalue weighted by Gasteiger charge is 2.37. The van der Waals surface area contributed by atoms with E-state index in [0.29, 0.717) is 0 Å². The number of benzene rings is 10. The van der Waals surface area contributed by atoms with Crippen LogP contribution in [-0.2, 0) is 5.41 Å². The van der Waals surface area contributed by atoms with E-state index in [9.17, 15) is 0 Å². The monoisotopic (exact) mass is 739 g/mol. The van der Waals surface area contributed by atoms with Crippen LogP contribution >= 0.6 is 0 Å². The quantitative estimate of drug-likeness (QED) is 0.154. The summed E-state index contributed by atoms with van der Waals surface area (Å²) in [4.78, 5) is 2.45. The molecule has 11 rings (SSSR count). The highest BCUT2D eigenvalue weighted by molar-refractivity contribution is 6.12. The lowest BCUT2D eigenvalue weighted by atomic mass is 9.82. The summed E-state index contributed by atoms with van der Waals surface area (Å²) in [5.74, 6) is 0. The molecule has 0 saturated heterocycles. The Morgan fingerprint density at radius 1 is 0.328 bits per heavy atom. The molecule has 0 aliphatic heterocycles. The molecule has 0 saturated carbocycles. The zero-order valence-electron chi connectivity index (χ0n) is 32.7. The Morgan fingerprint density at radius 3 is 1.81 bits per heavy atom. The number of fused-ring (bicyclic) bond motifs is 7. The van der Waals surface area contributed by atoms with Crippen LogP contribution in [-0.4, -0.2) is 0 Å². The molecule has 1 aliphatic carbocycles. The summed E-state index contributed by atoms with van der Waals surface area (Å²) >= 11 is 0. The largest absolute Gasteiger partial charge is 0.310 e. The van der Waals surface area contributed by atoms with Crippen LogP contribution in [0.1, 0.15) is 25.0 Å². The summed E-state index contributed by atoms with van der Waals surface area (Å²) < 4.78 is 0. The normalized spacial score (nSPS) is 12.8. The van der Waals surface area contributed by atoms with Gasteiger partial charge in [0.2, 0.25) is 0 Å². The molecule has 0 N–H and O–H groups in total. The van der Waals surface area contributed by atoms with Gasteiger partial charge < -0.3 is 4.90 Å². The number of rotatable bonds is 6. The summed E-state index contributed by atoms with van der Waals surface area (Å²) in [6, 6.07) is 78.2. The zero-order chi connectivity index (χ0) is 38.8. The molecule has 1 aliphatic rings. The molecule has 0 radical (unpaired) electrons. The molecule has 0 heterocycles. The van der Waals surface area contributed by atoms with Gasteiger partial charge in [0.15, 0.2) is 0 Å². The molecule has 0 amide bonds. The summed E-state index contributed by atoms with van der Waals surface area (Å²) in [7, 11) is 0. The van der Waals surface area contributed by atoms with Gasteiger partial charge in [0.25, 0.3) is 0 Å². The first kappa shape index (κ1) is 34.1. The van der Waals surface area contributed by atoms with E-state index in [1.54, 1.807) is 0 Å². The highest BCUT2D eigenvalue weighted by atomic mass is 15.1. The van der Waals surface area contributed by atoms with Gasteiger partial charge in [-0.3, -0.25) is 0 Å². The Kier molecular flexibility index (Phi) is 7.91. The van der Waals surface area contributed by atoms with Crippen molar-refractivity contribution in [2.45, 2.75) is 19.3 Å². The van der Waals surface area contributed by atoms with Crippen LogP contribution in [0.2, 0.25) is 0 Å². The Morgan fingerprint density at radius 2 is 0.931 bits per heavy atom. The lowest BCUT2D eigenvalue weighted by Gasteiger charge is -2.29. The average Bonchev–Trinajstić information content (AvgIpc) is 3.52. The third-order valence-electron chi connectivity index (χ3n) is 12.5. The van der Waals surface area contributed by atoms with Crippen LogP contribution in [0.3, 0.4) is 0 Å². The summed E-state index contributed by atoms with van der Waals surface area (Å²) in [5.41, 5.74) is 16.0. The first-order chi connectivity index (χ1) is 28.5. The standard InChI is InChI=1S/C57H41N/c1-57(2)53-23-10-8-19-52(53)56-51(22-13-24-54(56)57)50-18-9-11-25-55(50)58(45-34-30-42-36-41(26-27-43(42)37-45)38-14-4-3-5-15-38)44-32-28-40(29-33-44)47-20-12-21-48-46-17-7-6-16-39(46)31-35-49(47)48/h3-37H,1-2H3. The molecule has 1 nitrogen and oxygen atoms in total. The van der Waals surface area contributed by atoms with E-state index in [-0.39, 0.29) is 5.41 Å². The second kappa shape index (κ2) is 13.5. The minimum Gasteiger partial charge on any atom is -0.310 e. The maximum absolute atomic E-state index is 2.45. The first-order valence-electron chi connectivity index (χ1n) is 20.3. The molecule has 0 atom stereocenters. The van der Waals surface area contributed by atoms with E-state index in [0.717, 1.165) is 17.1 Å². The van der Waals surface area contributed by atoms with Crippen molar-refractivity contribution >= 4 is 49.4 Å². The van der Waals surface area contributed by atoms with E-state index in [2.05, 4.69) is 231 Å². The van der Waals surface area contributed by atoms with E-state index in [1.165, 1.54) is 88.0 Å². The molecule has 0 fully saturated rings. The minimum absolute atomic E-state index is 0.0861. The van der Waals surface area contributed by atoms with E-state index in [1.807, 2.05) is 0 Å². The maximum atomic E-state index is 2.45. The summed E-state index contributed by atoms with van der Waals surface area (Å²) in [6.45, 7) is 4.72. The van der Waals surface area contributed by atoms with Crippen LogP contribution in [0.5, 0.6) is 0 Å². The Hall–Kier alpha value is -7.22. The molecule has 0 aromatic heterocycles. The van der Waals surface area contributed by atoms with Gasteiger partial charge in [0.05, 0.1) is 5.69 Å².